The van der Waals surface area contributed by atoms with Gasteiger partial charge in [-0.15, -0.1) is 0 Å². The largest absolute Gasteiger partial charge is 0.297 e. The molecule has 1 saturated heterocycles. The Morgan fingerprint density at radius 2 is 1.86 bits per heavy atom. The van der Waals surface area contributed by atoms with Gasteiger partial charge in [0.1, 0.15) is 6.04 Å². The van der Waals surface area contributed by atoms with Crippen molar-refractivity contribution >= 4 is 11.3 Å². The molecule has 1 aliphatic rings. The fourth-order valence-electron chi connectivity index (χ4n) is 2.82. The molecule has 0 amide bonds. The average Bonchev–Trinajstić information content (AvgIpc) is 3.05. The van der Waals surface area contributed by atoms with Crippen molar-refractivity contribution in [2.45, 2.75) is 12.6 Å². The van der Waals surface area contributed by atoms with Gasteiger partial charge in [0.25, 0.3) is 0 Å². The van der Waals surface area contributed by atoms with Crippen LogP contribution in [0.15, 0.2) is 47.2 Å². The monoisotopic (exact) mass is 297 g/mol. The van der Waals surface area contributed by atoms with Crippen LogP contribution in [-0.4, -0.2) is 36.0 Å². The second-order valence-electron chi connectivity index (χ2n) is 5.39. The minimum Gasteiger partial charge on any atom is -0.297 e. The van der Waals surface area contributed by atoms with E-state index in [4.69, 9.17) is 0 Å². The summed E-state index contributed by atoms with van der Waals surface area (Å²) in [6, 6.07) is 15.0. The van der Waals surface area contributed by atoms with Crippen LogP contribution in [0.3, 0.4) is 0 Å². The molecule has 0 aliphatic carbocycles. The highest BCUT2D eigenvalue weighted by Crippen LogP contribution is 2.23. The first-order chi connectivity index (χ1) is 10.4. The molecule has 3 nitrogen and oxygen atoms in total. The third-order valence-electron chi connectivity index (χ3n) is 4.00. The molecule has 108 valence electrons. The van der Waals surface area contributed by atoms with Crippen LogP contribution < -0.4 is 0 Å². The Morgan fingerprint density at radius 1 is 1.10 bits per heavy atom. The minimum atomic E-state index is -0.0878. The summed E-state index contributed by atoms with van der Waals surface area (Å²) in [6.07, 6.45) is 0. The molecule has 21 heavy (non-hydrogen) atoms. The number of thiophene rings is 1. The number of nitrogens with zero attached hydrogens (tertiary/aromatic N) is 3. The molecular formula is C17H19N3S. The predicted molar refractivity (Wildman–Crippen MR) is 86.0 cm³/mol. The molecule has 3 rings (SSSR count). The summed E-state index contributed by atoms with van der Waals surface area (Å²) in [6.45, 7) is 4.97. The summed E-state index contributed by atoms with van der Waals surface area (Å²) >= 11 is 1.66. The lowest BCUT2D eigenvalue weighted by atomic mass is 10.1. The van der Waals surface area contributed by atoms with Crippen LogP contribution in [0.25, 0.3) is 0 Å². The van der Waals surface area contributed by atoms with Crippen molar-refractivity contribution in [3.8, 4) is 6.07 Å². The molecule has 0 saturated carbocycles. The van der Waals surface area contributed by atoms with Crippen LogP contribution >= 0.6 is 11.3 Å². The minimum absolute atomic E-state index is 0.0878. The second kappa shape index (κ2) is 6.86. The highest BCUT2D eigenvalue weighted by molar-refractivity contribution is 7.08. The second-order valence-corrected chi connectivity index (χ2v) is 6.17. The van der Waals surface area contributed by atoms with Gasteiger partial charge < -0.3 is 0 Å². The lowest BCUT2D eigenvalue weighted by Gasteiger charge is -2.36. The first kappa shape index (κ1) is 14.3. The molecule has 1 atom stereocenters. The van der Waals surface area contributed by atoms with E-state index in [9.17, 15) is 5.26 Å². The van der Waals surface area contributed by atoms with Crippen molar-refractivity contribution in [1.82, 2.24) is 9.80 Å². The van der Waals surface area contributed by atoms with Crippen LogP contribution in [0.4, 0.5) is 0 Å². The third-order valence-corrected chi connectivity index (χ3v) is 4.70. The van der Waals surface area contributed by atoms with Gasteiger partial charge in [0.15, 0.2) is 0 Å². The summed E-state index contributed by atoms with van der Waals surface area (Å²) in [7, 11) is 0. The van der Waals surface area contributed by atoms with Crippen molar-refractivity contribution in [2.75, 3.05) is 26.2 Å². The number of hydrogen-bond donors (Lipinski definition) is 0. The maximum absolute atomic E-state index is 9.45. The van der Waals surface area contributed by atoms with E-state index in [1.165, 1.54) is 5.56 Å². The van der Waals surface area contributed by atoms with Crippen LogP contribution in [0.2, 0.25) is 0 Å². The van der Waals surface area contributed by atoms with E-state index >= 15 is 0 Å². The molecule has 4 heteroatoms. The first-order valence-corrected chi connectivity index (χ1v) is 8.23. The highest BCUT2D eigenvalue weighted by atomic mass is 32.1. The number of nitriles is 1. The van der Waals surface area contributed by atoms with Crippen molar-refractivity contribution in [3.63, 3.8) is 0 Å². The van der Waals surface area contributed by atoms with Crippen LogP contribution in [-0.2, 0) is 6.54 Å². The van der Waals surface area contributed by atoms with E-state index in [2.05, 4.69) is 57.6 Å². The van der Waals surface area contributed by atoms with Gasteiger partial charge >= 0.3 is 0 Å². The Hall–Kier alpha value is -1.67. The van der Waals surface area contributed by atoms with Gasteiger partial charge in [0.2, 0.25) is 0 Å². The standard InChI is InChI=1S/C17H19N3S/c18-12-17(16-6-11-21-14-16)20-9-7-19(8-10-20)13-15-4-2-1-3-5-15/h1-6,11,14,17H,7-10,13H2. The Bertz CT molecular complexity index is 580. The molecule has 0 spiro atoms. The van der Waals surface area contributed by atoms with Crippen molar-refractivity contribution < 1.29 is 0 Å². The molecule has 2 heterocycles. The topological polar surface area (TPSA) is 30.3 Å². The molecule has 2 aromatic rings. The lowest BCUT2D eigenvalue weighted by molar-refractivity contribution is 0.109. The summed E-state index contributed by atoms with van der Waals surface area (Å²) in [5.41, 5.74) is 2.50. The highest BCUT2D eigenvalue weighted by Gasteiger charge is 2.25. The Morgan fingerprint density at radius 3 is 2.48 bits per heavy atom. The molecular weight excluding hydrogens is 278 g/mol. The van der Waals surface area contributed by atoms with Gasteiger partial charge in [-0.25, -0.2) is 0 Å². The average molecular weight is 297 g/mol. The van der Waals surface area contributed by atoms with E-state index in [-0.39, 0.29) is 6.04 Å². The third kappa shape index (κ3) is 3.51. The summed E-state index contributed by atoms with van der Waals surface area (Å²) in [4.78, 5) is 4.76. The van der Waals surface area contributed by atoms with Crippen molar-refractivity contribution in [1.29, 1.82) is 5.26 Å². The van der Waals surface area contributed by atoms with E-state index in [0.717, 1.165) is 38.3 Å². The van der Waals surface area contributed by atoms with Gasteiger partial charge in [-0.3, -0.25) is 9.80 Å². The molecule has 1 aromatic heterocycles. The summed E-state index contributed by atoms with van der Waals surface area (Å²) in [5, 5.41) is 13.6. The van der Waals surface area contributed by atoms with Crippen molar-refractivity contribution in [3.05, 3.63) is 58.3 Å². The van der Waals surface area contributed by atoms with E-state index in [1.54, 1.807) is 11.3 Å². The van der Waals surface area contributed by atoms with Gasteiger partial charge in [0, 0.05) is 32.7 Å². The van der Waals surface area contributed by atoms with Gasteiger partial charge in [-0.2, -0.15) is 16.6 Å². The molecule has 0 bridgehead atoms. The first-order valence-electron chi connectivity index (χ1n) is 7.29. The number of rotatable bonds is 4. The number of hydrogen-bond acceptors (Lipinski definition) is 4. The normalized spacial score (nSPS) is 18.2. The van der Waals surface area contributed by atoms with E-state index in [1.807, 2.05) is 5.38 Å². The molecule has 0 radical (unpaired) electrons. The molecule has 1 aromatic carbocycles. The van der Waals surface area contributed by atoms with Crippen molar-refractivity contribution in [2.24, 2.45) is 0 Å². The molecule has 0 N–H and O–H groups in total. The van der Waals surface area contributed by atoms with E-state index < -0.39 is 0 Å². The van der Waals surface area contributed by atoms with Gasteiger partial charge in [0.05, 0.1) is 6.07 Å². The maximum atomic E-state index is 9.45. The summed E-state index contributed by atoms with van der Waals surface area (Å²) in [5.74, 6) is 0. The fraction of sp³-hybridized carbons (Fsp3) is 0.353. The molecule has 1 aliphatic heterocycles. The van der Waals surface area contributed by atoms with Gasteiger partial charge in [-0.05, 0) is 28.0 Å². The zero-order chi connectivity index (χ0) is 14.5. The Balaban J connectivity index is 1.56. The smallest absolute Gasteiger partial charge is 0.124 e. The van der Waals surface area contributed by atoms with Crippen LogP contribution in [0, 0.1) is 11.3 Å². The SMILES string of the molecule is N#CC(c1ccsc1)N1CCN(Cc2ccccc2)CC1. The zero-order valence-corrected chi connectivity index (χ0v) is 12.8. The van der Waals surface area contributed by atoms with Crippen LogP contribution in [0.5, 0.6) is 0 Å². The molecule has 1 fully saturated rings. The summed E-state index contributed by atoms with van der Waals surface area (Å²) < 4.78 is 0. The van der Waals surface area contributed by atoms with E-state index in [0.29, 0.717) is 0 Å². The lowest BCUT2D eigenvalue weighted by Crippen LogP contribution is -2.46. The quantitative estimate of drug-likeness (QED) is 0.868. The fourth-order valence-corrected chi connectivity index (χ4v) is 3.50. The zero-order valence-electron chi connectivity index (χ0n) is 12.0. The predicted octanol–water partition coefficient (Wildman–Crippen LogP) is 3.13. The number of benzene rings is 1. The number of piperazine rings is 1. The Labute approximate surface area is 130 Å². The van der Waals surface area contributed by atoms with Crippen LogP contribution in [0.1, 0.15) is 17.2 Å². The van der Waals surface area contributed by atoms with Gasteiger partial charge in [-0.1, -0.05) is 30.3 Å². The Kier molecular flexibility index (Phi) is 4.66. The molecule has 1 unspecified atom stereocenters. The maximum Gasteiger partial charge on any atom is 0.124 e.